The minimum absolute atomic E-state index is 0.138. The number of aryl methyl sites for hydroxylation is 2. The number of rotatable bonds is 6. The van der Waals surface area contributed by atoms with Gasteiger partial charge in [-0.2, -0.15) is 0 Å². The van der Waals surface area contributed by atoms with Crippen LogP contribution in [0.25, 0.3) is 11.0 Å². The fourth-order valence-corrected chi connectivity index (χ4v) is 3.60. The molecule has 0 saturated heterocycles. The molecule has 31 heavy (non-hydrogen) atoms. The third kappa shape index (κ3) is 4.04. The Morgan fingerprint density at radius 3 is 2.65 bits per heavy atom. The summed E-state index contributed by atoms with van der Waals surface area (Å²) in [6, 6.07) is 12.6. The predicted octanol–water partition coefficient (Wildman–Crippen LogP) is 5.00. The summed E-state index contributed by atoms with van der Waals surface area (Å²) < 4.78 is 7.15. The van der Waals surface area contributed by atoms with E-state index in [0.717, 1.165) is 40.5 Å². The van der Waals surface area contributed by atoms with E-state index < -0.39 is 17.1 Å². The minimum atomic E-state index is -1.32. The molecule has 2 heterocycles. The molecule has 0 radical (unpaired) electrons. The summed E-state index contributed by atoms with van der Waals surface area (Å²) in [7, 11) is 0. The Labute approximate surface area is 182 Å². The fraction of sp³-hybridized carbons (Fsp3) is 0.174. The summed E-state index contributed by atoms with van der Waals surface area (Å²) >= 11 is 5.95. The molecular weight excluding hydrogens is 418 g/mol. The van der Waals surface area contributed by atoms with Crippen molar-refractivity contribution in [1.29, 1.82) is 0 Å². The van der Waals surface area contributed by atoms with Crippen LogP contribution in [0.4, 0.5) is 11.6 Å². The van der Waals surface area contributed by atoms with Gasteiger partial charge in [-0.1, -0.05) is 30.7 Å². The van der Waals surface area contributed by atoms with Crippen LogP contribution < -0.4 is 10.9 Å². The zero-order valence-electron chi connectivity index (χ0n) is 17.0. The van der Waals surface area contributed by atoms with E-state index in [4.69, 9.17) is 16.0 Å². The average Bonchev–Trinajstić information content (AvgIpc) is 3.07. The monoisotopic (exact) mass is 437 g/mol. The summed E-state index contributed by atoms with van der Waals surface area (Å²) in [5.41, 5.74) is 2.30. The number of hydrogen-bond acceptors (Lipinski definition) is 5. The molecule has 0 atom stereocenters. The number of carbonyl (C=O) groups is 1. The van der Waals surface area contributed by atoms with Gasteiger partial charge in [-0.05, 0) is 48.4 Å². The molecule has 7 nitrogen and oxygen atoms in total. The van der Waals surface area contributed by atoms with Gasteiger partial charge in [0.2, 0.25) is 5.95 Å². The van der Waals surface area contributed by atoms with Crippen LogP contribution in [0.3, 0.4) is 0 Å². The van der Waals surface area contributed by atoms with Gasteiger partial charge < -0.3 is 14.8 Å². The molecule has 4 aromatic rings. The van der Waals surface area contributed by atoms with Crippen molar-refractivity contribution in [3.8, 4) is 0 Å². The molecular formula is C23H20ClN3O4. The molecule has 8 heteroatoms. The van der Waals surface area contributed by atoms with Crippen LogP contribution in [-0.4, -0.2) is 20.6 Å². The number of halogens is 1. The summed E-state index contributed by atoms with van der Waals surface area (Å²) in [6.45, 7) is 4.18. The zero-order chi connectivity index (χ0) is 22.1. The maximum atomic E-state index is 12.9. The van der Waals surface area contributed by atoms with Gasteiger partial charge in [0.25, 0.3) is 5.56 Å². The predicted molar refractivity (Wildman–Crippen MR) is 120 cm³/mol. The van der Waals surface area contributed by atoms with Crippen LogP contribution >= 0.6 is 11.6 Å². The molecule has 0 aliphatic rings. The standard InChI is InChI=1S/C23H20ClN3O4/c1-3-19-13(2)17-10-16(8-9-20(17)31-19)26-23-25-11-18(22(29)30)21(28)27(23)12-14-4-6-15(24)7-5-14/h4-11H,3,12H2,1-2H3,(H,25,26)(H,29,30). The highest BCUT2D eigenvalue weighted by atomic mass is 35.5. The van der Waals surface area contributed by atoms with E-state index >= 15 is 0 Å². The van der Waals surface area contributed by atoms with Crippen molar-refractivity contribution in [1.82, 2.24) is 9.55 Å². The van der Waals surface area contributed by atoms with Crippen molar-refractivity contribution in [2.45, 2.75) is 26.8 Å². The maximum Gasteiger partial charge on any atom is 0.342 e. The van der Waals surface area contributed by atoms with Gasteiger partial charge in [0.1, 0.15) is 16.9 Å². The first-order valence-electron chi connectivity index (χ1n) is 9.74. The smallest absolute Gasteiger partial charge is 0.342 e. The van der Waals surface area contributed by atoms with Gasteiger partial charge in [0.15, 0.2) is 0 Å². The molecule has 0 unspecified atom stereocenters. The number of hydrogen-bond donors (Lipinski definition) is 2. The van der Waals surface area contributed by atoms with Crippen molar-refractivity contribution in [2.24, 2.45) is 0 Å². The third-order valence-electron chi connectivity index (χ3n) is 5.14. The van der Waals surface area contributed by atoms with Gasteiger partial charge in [0.05, 0.1) is 12.7 Å². The van der Waals surface area contributed by atoms with E-state index in [1.807, 2.05) is 32.0 Å². The molecule has 4 rings (SSSR count). The minimum Gasteiger partial charge on any atom is -0.477 e. The van der Waals surface area contributed by atoms with Crippen molar-refractivity contribution < 1.29 is 14.3 Å². The van der Waals surface area contributed by atoms with Gasteiger partial charge >= 0.3 is 5.97 Å². The highest BCUT2D eigenvalue weighted by Gasteiger charge is 2.17. The number of nitrogens with one attached hydrogen (secondary N) is 1. The van der Waals surface area contributed by atoms with E-state index in [0.29, 0.717) is 10.7 Å². The highest BCUT2D eigenvalue weighted by molar-refractivity contribution is 6.30. The van der Waals surface area contributed by atoms with E-state index in [2.05, 4.69) is 10.3 Å². The summed E-state index contributed by atoms with van der Waals surface area (Å²) in [4.78, 5) is 28.5. The molecule has 2 N–H and O–H groups in total. The number of benzene rings is 2. The van der Waals surface area contributed by atoms with Crippen molar-refractivity contribution in [3.63, 3.8) is 0 Å². The van der Waals surface area contributed by atoms with Gasteiger partial charge in [-0.25, -0.2) is 9.78 Å². The lowest BCUT2D eigenvalue weighted by molar-refractivity contribution is 0.0693. The summed E-state index contributed by atoms with van der Waals surface area (Å²) in [5.74, 6) is -0.159. The van der Waals surface area contributed by atoms with E-state index in [9.17, 15) is 14.7 Å². The lowest BCUT2D eigenvalue weighted by Gasteiger charge is -2.14. The first-order valence-corrected chi connectivity index (χ1v) is 10.1. The Kier molecular flexibility index (Phi) is 5.52. The van der Waals surface area contributed by atoms with E-state index in [1.165, 1.54) is 4.57 Å². The van der Waals surface area contributed by atoms with Gasteiger partial charge in [-0.3, -0.25) is 9.36 Å². The van der Waals surface area contributed by atoms with Crippen molar-refractivity contribution in [3.05, 3.63) is 86.5 Å². The molecule has 0 bridgehead atoms. The molecule has 0 amide bonds. The SMILES string of the molecule is CCc1oc2ccc(Nc3ncc(C(=O)O)c(=O)n3Cc3ccc(Cl)cc3)cc2c1C. The lowest BCUT2D eigenvalue weighted by Crippen LogP contribution is -2.29. The molecule has 0 saturated carbocycles. The number of furan rings is 1. The second-order valence-corrected chi connectivity index (χ2v) is 7.59. The molecule has 2 aromatic heterocycles. The van der Waals surface area contributed by atoms with Crippen LogP contribution in [0.15, 0.2) is 57.9 Å². The Balaban J connectivity index is 1.77. The van der Waals surface area contributed by atoms with Crippen molar-refractivity contribution in [2.75, 3.05) is 5.32 Å². The maximum absolute atomic E-state index is 12.9. The quantitative estimate of drug-likeness (QED) is 0.440. The number of anilines is 2. The number of carboxylic acid groups (broad SMARTS) is 1. The van der Waals surface area contributed by atoms with Gasteiger partial charge in [0, 0.05) is 22.5 Å². The average molecular weight is 438 g/mol. The second kappa shape index (κ2) is 8.28. The van der Waals surface area contributed by atoms with Crippen LogP contribution in [0, 0.1) is 6.92 Å². The largest absolute Gasteiger partial charge is 0.477 e. The Morgan fingerprint density at radius 2 is 1.97 bits per heavy atom. The Morgan fingerprint density at radius 1 is 1.23 bits per heavy atom. The summed E-state index contributed by atoms with van der Waals surface area (Å²) in [6.07, 6.45) is 1.87. The fourth-order valence-electron chi connectivity index (χ4n) is 3.47. The Hall–Kier alpha value is -3.58. The highest BCUT2D eigenvalue weighted by Crippen LogP contribution is 2.29. The first kappa shape index (κ1) is 20.7. The number of aromatic nitrogens is 2. The lowest BCUT2D eigenvalue weighted by atomic mass is 10.1. The molecule has 0 fully saturated rings. The molecule has 0 aliphatic heterocycles. The number of carboxylic acids is 1. The van der Waals surface area contributed by atoms with Crippen molar-refractivity contribution >= 4 is 40.2 Å². The Bertz CT molecular complexity index is 1340. The second-order valence-electron chi connectivity index (χ2n) is 7.16. The van der Waals surface area contributed by atoms with E-state index in [-0.39, 0.29) is 12.5 Å². The molecule has 2 aromatic carbocycles. The van der Waals surface area contributed by atoms with Crippen LogP contribution in [0.1, 0.15) is 34.2 Å². The van der Waals surface area contributed by atoms with E-state index in [1.54, 1.807) is 24.3 Å². The third-order valence-corrected chi connectivity index (χ3v) is 5.40. The number of nitrogens with zero attached hydrogens (tertiary/aromatic N) is 2. The zero-order valence-corrected chi connectivity index (χ0v) is 17.7. The first-order chi connectivity index (χ1) is 14.9. The number of fused-ring (bicyclic) bond motifs is 1. The molecule has 0 aliphatic carbocycles. The topological polar surface area (TPSA) is 97.4 Å². The summed E-state index contributed by atoms with van der Waals surface area (Å²) in [5, 5.41) is 14.0. The van der Waals surface area contributed by atoms with Crippen LogP contribution in [-0.2, 0) is 13.0 Å². The van der Waals surface area contributed by atoms with Crippen LogP contribution in [0.2, 0.25) is 5.02 Å². The van der Waals surface area contributed by atoms with Crippen LogP contribution in [0.5, 0.6) is 0 Å². The number of aromatic carboxylic acids is 1. The molecule has 158 valence electrons. The normalized spacial score (nSPS) is 11.1. The molecule has 0 spiro atoms. The van der Waals surface area contributed by atoms with Gasteiger partial charge in [-0.15, -0.1) is 0 Å².